The Morgan fingerprint density at radius 2 is 2.00 bits per heavy atom. The van der Waals surface area contributed by atoms with E-state index >= 15 is 0 Å². The second-order valence-corrected chi connectivity index (χ2v) is 5.85. The van der Waals surface area contributed by atoms with Gasteiger partial charge in [0, 0.05) is 16.7 Å². The number of thioether (sulfide) groups is 1. The van der Waals surface area contributed by atoms with Gasteiger partial charge in [-0.1, -0.05) is 25.1 Å². The Morgan fingerprint density at radius 1 is 1.22 bits per heavy atom. The van der Waals surface area contributed by atoms with Crippen LogP contribution in [-0.2, 0) is 4.79 Å². The maximum atomic E-state index is 12.0. The van der Waals surface area contributed by atoms with E-state index in [4.69, 9.17) is 4.74 Å². The van der Waals surface area contributed by atoms with Gasteiger partial charge < -0.3 is 10.1 Å². The molecule has 0 aromatic heterocycles. The SMILES string of the molecule is CCCOc1ccc(/C=C/C(=O)Nc2cccc(SC)c2)cc1. The van der Waals surface area contributed by atoms with E-state index < -0.39 is 0 Å². The van der Waals surface area contributed by atoms with Crippen LogP contribution in [0.2, 0.25) is 0 Å². The van der Waals surface area contributed by atoms with Crippen LogP contribution in [0.1, 0.15) is 18.9 Å². The molecule has 23 heavy (non-hydrogen) atoms. The molecule has 0 fully saturated rings. The van der Waals surface area contributed by atoms with Crippen molar-refractivity contribution in [2.75, 3.05) is 18.2 Å². The number of carbonyl (C=O) groups excluding carboxylic acids is 1. The van der Waals surface area contributed by atoms with Crippen molar-refractivity contribution in [2.45, 2.75) is 18.2 Å². The van der Waals surface area contributed by atoms with Crippen LogP contribution >= 0.6 is 11.8 Å². The van der Waals surface area contributed by atoms with Crippen molar-refractivity contribution in [1.29, 1.82) is 0 Å². The molecule has 0 atom stereocenters. The molecular weight excluding hydrogens is 306 g/mol. The summed E-state index contributed by atoms with van der Waals surface area (Å²) in [5.41, 5.74) is 1.76. The van der Waals surface area contributed by atoms with E-state index in [0.29, 0.717) is 6.61 Å². The second-order valence-electron chi connectivity index (χ2n) is 4.97. The Labute approximate surface area is 141 Å². The summed E-state index contributed by atoms with van der Waals surface area (Å²) in [5, 5.41) is 2.86. The molecule has 0 heterocycles. The molecule has 0 radical (unpaired) electrons. The summed E-state index contributed by atoms with van der Waals surface area (Å²) in [6.07, 6.45) is 6.32. The average molecular weight is 327 g/mol. The minimum absolute atomic E-state index is 0.144. The van der Waals surface area contributed by atoms with Gasteiger partial charge in [0.2, 0.25) is 5.91 Å². The van der Waals surface area contributed by atoms with Crippen LogP contribution in [0.4, 0.5) is 5.69 Å². The van der Waals surface area contributed by atoms with Crippen LogP contribution in [0.5, 0.6) is 5.75 Å². The van der Waals surface area contributed by atoms with Gasteiger partial charge in [-0.3, -0.25) is 4.79 Å². The molecule has 0 bridgehead atoms. The largest absolute Gasteiger partial charge is 0.494 e. The summed E-state index contributed by atoms with van der Waals surface area (Å²) in [4.78, 5) is 13.1. The lowest BCUT2D eigenvalue weighted by Gasteiger charge is -2.05. The Balaban J connectivity index is 1.92. The molecule has 0 unspecified atom stereocenters. The highest BCUT2D eigenvalue weighted by molar-refractivity contribution is 7.98. The molecule has 3 nitrogen and oxygen atoms in total. The van der Waals surface area contributed by atoms with Gasteiger partial charge in [0.25, 0.3) is 0 Å². The molecular formula is C19H21NO2S. The van der Waals surface area contributed by atoms with Gasteiger partial charge in [-0.15, -0.1) is 11.8 Å². The number of anilines is 1. The maximum Gasteiger partial charge on any atom is 0.248 e. The molecule has 0 spiro atoms. The van der Waals surface area contributed by atoms with E-state index in [9.17, 15) is 4.79 Å². The number of hydrogen-bond acceptors (Lipinski definition) is 3. The van der Waals surface area contributed by atoms with Crippen molar-refractivity contribution in [1.82, 2.24) is 0 Å². The monoisotopic (exact) mass is 327 g/mol. The molecule has 0 saturated carbocycles. The highest BCUT2D eigenvalue weighted by Crippen LogP contribution is 2.19. The Hall–Kier alpha value is -2.20. The van der Waals surface area contributed by atoms with Crippen LogP contribution in [0.3, 0.4) is 0 Å². The molecule has 2 rings (SSSR count). The Bertz CT molecular complexity index is 665. The summed E-state index contributed by atoms with van der Waals surface area (Å²) in [7, 11) is 0. The molecule has 120 valence electrons. The van der Waals surface area contributed by atoms with E-state index in [1.807, 2.05) is 54.8 Å². The zero-order valence-electron chi connectivity index (χ0n) is 13.4. The number of amides is 1. The van der Waals surface area contributed by atoms with E-state index in [1.165, 1.54) is 6.08 Å². The predicted molar refractivity (Wildman–Crippen MR) is 98.1 cm³/mol. The van der Waals surface area contributed by atoms with Crippen molar-refractivity contribution >= 4 is 29.4 Å². The van der Waals surface area contributed by atoms with E-state index in [1.54, 1.807) is 17.8 Å². The van der Waals surface area contributed by atoms with Crippen molar-refractivity contribution in [3.63, 3.8) is 0 Å². The van der Waals surface area contributed by atoms with E-state index in [2.05, 4.69) is 12.2 Å². The van der Waals surface area contributed by atoms with Crippen LogP contribution in [0, 0.1) is 0 Å². The molecule has 1 N–H and O–H groups in total. The normalized spacial score (nSPS) is 10.7. The van der Waals surface area contributed by atoms with Gasteiger partial charge in [0.1, 0.15) is 5.75 Å². The molecule has 0 aliphatic carbocycles. The van der Waals surface area contributed by atoms with Crippen molar-refractivity contribution in [3.8, 4) is 5.75 Å². The molecule has 0 saturated heterocycles. The maximum absolute atomic E-state index is 12.0. The molecule has 1 amide bonds. The van der Waals surface area contributed by atoms with Crippen LogP contribution in [0.25, 0.3) is 6.08 Å². The minimum Gasteiger partial charge on any atom is -0.494 e. The van der Waals surface area contributed by atoms with Crippen LogP contribution < -0.4 is 10.1 Å². The fraction of sp³-hybridized carbons (Fsp3) is 0.211. The number of benzene rings is 2. The van der Waals surface area contributed by atoms with Gasteiger partial charge in [-0.25, -0.2) is 0 Å². The summed E-state index contributed by atoms with van der Waals surface area (Å²) < 4.78 is 5.53. The minimum atomic E-state index is -0.144. The fourth-order valence-corrected chi connectivity index (χ4v) is 2.41. The smallest absolute Gasteiger partial charge is 0.248 e. The van der Waals surface area contributed by atoms with Gasteiger partial charge in [-0.05, 0) is 54.6 Å². The summed E-state index contributed by atoms with van der Waals surface area (Å²) >= 11 is 1.65. The topological polar surface area (TPSA) is 38.3 Å². The quantitative estimate of drug-likeness (QED) is 0.583. The first-order valence-electron chi connectivity index (χ1n) is 7.57. The lowest BCUT2D eigenvalue weighted by atomic mass is 10.2. The van der Waals surface area contributed by atoms with E-state index in [0.717, 1.165) is 28.3 Å². The first kappa shape index (κ1) is 17.2. The Morgan fingerprint density at radius 3 is 2.70 bits per heavy atom. The first-order valence-corrected chi connectivity index (χ1v) is 8.79. The zero-order chi connectivity index (χ0) is 16.5. The van der Waals surface area contributed by atoms with Crippen LogP contribution in [-0.4, -0.2) is 18.8 Å². The highest BCUT2D eigenvalue weighted by Gasteiger charge is 1.99. The second kappa shape index (κ2) is 9.06. The molecule has 4 heteroatoms. The van der Waals surface area contributed by atoms with Crippen molar-refractivity contribution in [3.05, 3.63) is 60.2 Å². The Kier molecular flexibility index (Phi) is 6.76. The fourth-order valence-electron chi connectivity index (χ4n) is 1.95. The number of ether oxygens (including phenoxy) is 1. The highest BCUT2D eigenvalue weighted by atomic mass is 32.2. The summed E-state index contributed by atoms with van der Waals surface area (Å²) in [6, 6.07) is 15.5. The number of nitrogens with one attached hydrogen (secondary N) is 1. The zero-order valence-corrected chi connectivity index (χ0v) is 14.2. The lowest BCUT2D eigenvalue weighted by Crippen LogP contribution is -2.07. The molecule has 2 aromatic rings. The molecule has 2 aromatic carbocycles. The van der Waals surface area contributed by atoms with E-state index in [-0.39, 0.29) is 5.91 Å². The summed E-state index contributed by atoms with van der Waals surface area (Å²) in [6.45, 7) is 2.79. The first-order chi connectivity index (χ1) is 11.2. The van der Waals surface area contributed by atoms with Gasteiger partial charge in [-0.2, -0.15) is 0 Å². The van der Waals surface area contributed by atoms with Crippen LogP contribution in [0.15, 0.2) is 59.5 Å². The van der Waals surface area contributed by atoms with Crippen molar-refractivity contribution in [2.24, 2.45) is 0 Å². The third-order valence-electron chi connectivity index (χ3n) is 3.12. The molecule has 0 aliphatic heterocycles. The average Bonchev–Trinajstić information content (AvgIpc) is 2.59. The molecule has 0 aliphatic rings. The third kappa shape index (κ3) is 5.83. The standard InChI is InChI=1S/C19H21NO2S/c1-3-13-22-17-10-7-15(8-11-17)9-12-19(21)20-16-5-4-6-18(14-16)23-2/h4-12,14H,3,13H2,1-2H3,(H,20,21)/b12-9+. The van der Waals surface area contributed by atoms with Gasteiger partial charge in [0.05, 0.1) is 6.61 Å². The summed E-state index contributed by atoms with van der Waals surface area (Å²) in [5.74, 6) is 0.705. The number of rotatable bonds is 7. The third-order valence-corrected chi connectivity index (χ3v) is 3.84. The number of hydrogen-bond donors (Lipinski definition) is 1. The predicted octanol–water partition coefficient (Wildman–Crippen LogP) is 4.85. The van der Waals surface area contributed by atoms with Crippen molar-refractivity contribution < 1.29 is 9.53 Å². The van der Waals surface area contributed by atoms with Gasteiger partial charge >= 0.3 is 0 Å². The van der Waals surface area contributed by atoms with Gasteiger partial charge in [0.15, 0.2) is 0 Å². The number of carbonyl (C=O) groups is 1. The lowest BCUT2D eigenvalue weighted by molar-refractivity contribution is -0.111.